The summed E-state index contributed by atoms with van der Waals surface area (Å²) in [5, 5.41) is 5.23. The number of methoxy groups -OCH3 is 2. The van der Waals surface area contributed by atoms with E-state index in [0.717, 1.165) is 11.1 Å². The Kier molecular flexibility index (Phi) is 8.05. The van der Waals surface area contributed by atoms with E-state index in [1.807, 2.05) is 37.9 Å². The van der Waals surface area contributed by atoms with Crippen LogP contribution in [0.25, 0.3) is 0 Å². The van der Waals surface area contributed by atoms with Gasteiger partial charge >= 0.3 is 0 Å². The monoisotopic (exact) mass is 337 g/mol. The predicted molar refractivity (Wildman–Crippen MR) is 92.3 cm³/mol. The third kappa shape index (κ3) is 6.08. The van der Waals surface area contributed by atoms with E-state index in [9.17, 15) is 9.59 Å². The van der Waals surface area contributed by atoms with E-state index in [1.54, 1.807) is 14.2 Å². The molecule has 2 amide bonds. The second-order valence-electron chi connectivity index (χ2n) is 5.54. The van der Waals surface area contributed by atoms with Gasteiger partial charge in [-0.05, 0) is 44.2 Å². The van der Waals surface area contributed by atoms with Gasteiger partial charge in [-0.25, -0.2) is 0 Å². The van der Waals surface area contributed by atoms with E-state index in [0.29, 0.717) is 24.6 Å². The van der Waals surface area contributed by atoms with Gasteiger partial charge < -0.3 is 20.1 Å². The zero-order chi connectivity index (χ0) is 18.1. The molecule has 134 valence electrons. The average Bonchev–Trinajstić information content (AvgIpc) is 2.54. The smallest absolute Gasteiger partial charge is 0.239 e. The second kappa shape index (κ2) is 9.77. The van der Waals surface area contributed by atoms with Crippen molar-refractivity contribution < 1.29 is 19.1 Å². The molecule has 7 nitrogen and oxygen atoms in total. The molecule has 0 bridgehead atoms. The van der Waals surface area contributed by atoms with Crippen LogP contribution in [0, 0.1) is 6.92 Å². The topological polar surface area (TPSA) is 79.9 Å². The standard InChI is InChI=1S/C17H27N3O4/c1-6-18-16(21)9-19-17(22)11-20(3)10-13-8-15(24-5)14(23-4)7-12(13)2/h7-8H,6,9-11H2,1-5H3,(H,18,21)(H,19,22). The Morgan fingerprint density at radius 3 is 2.29 bits per heavy atom. The Bertz CT molecular complexity index is 575. The lowest BCUT2D eigenvalue weighted by molar-refractivity contribution is -0.126. The van der Waals surface area contributed by atoms with Crippen molar-refractivity contribution in [3.05, 3.63) is 23.3 Å². The Balaban J connectivity index is 2.60. The highest BCUT2D eigenvalue weighted by molar-refractivity contribution is 5.85. The van der Waals surface area contributed by atoms with E-state index >= 15 is 0 Å². The van der Waals surface area contributed by atoms with Crippen LogP contribution in [0.3, 0.4) is 0 Å². The van der Waals surface area contributed by atoms with Crippen LogP contribution in [0.15, 0.2) is 12.1 Å². The molecule has 7 heteroatoms. The summed E-state index contributed by atoms with van der Waals surface area (Å²) < 4.78 is 10.6. The normalized spacial score (nSPS) is 10.4. The first-order valence-electron chi connectivity index (χ1n) is 7.84. The molecule has 0 fully saturated rings. The van der Waals surface area contributed by atoms with E-state index in [-0.39, 0.29) is 24.9 Å². The van der Waals surface area contributed by atoms with Crippen LogP contribution in [0.1, 0.15) is 18.1 Å². The van der Waals surface area contributed by atoms with Crippen molar-refractivity contribution >= 4 is 11.8 Å². The number of carbonyl (C=O) groups excluding carboxylic acids is 2. The zero-order valence-corrected chi connectivity index (χ0v) is 15.1. The first-order chi connectivity index (χ1) is 11.4. The van der Waals surface area contributed by atoms with Gasteiger partial charge in [0.15, 0.2) is 11.5 Å². The summed E-state index contributed by atoms with van der Waals surface area (Å²) in [6, 6.07) is 3.83. The highest BCUT2D eigenvalue weighted by atomic mass is 16.5. The number of hydrogen-bond acceptors (Lipinski definition) is 5. The number of carbonyl (C=O) groups is 2. The van der Waals surface area contributed by atoms with Crippen LogP contribution in [-0.2, 0) is 16.1 Å². The molecule has 0 radical (unpaired) electrons. The molecular weight excluding hydrogens is 310 g/mol. The van der Waals surface area contributed by atoms with Gasteiger partial charge in [-0.3, -0.25) is 14.5 Å². The SMILES string of the molecule is CCNC(=O)CNC(=O)CN(C)Cc1cc(OC)c(OC)cc1C. The molecule has 0 aromatic heterocycles. The fourth-order valence-electron chi connectivity index (χ4n) is 2.28. The summed E-state index contributed by atoms with van der Waals surface area (Å²) in [6.45, 7) is 5.15. The number of aryl methyl sites for hydroxylation is 1. The van der Waals surface area contributed by atoms with Crippen LogP contribution < -0.4 is 20.1 Å². The fourth-order valence-corrected chi connectivity index (χ4v) is 2.28. The molecular formula is C17H27N3O4. The molecule has 0 spiro atoms. The number of benzene rings is 1. The maximum atomic E-state index is 11.9. The lowest BCUT2D eigenvalue weighted by Gasteiger charge is -2.19. The van der Waals surface area contributed by atoms with Crippen molar-refractivity contribution in [2.75, 3.05) is 40.9 Å². The maximum absolute atomic E-state index is 11.9. The van der Waals surface area contributed by atoms with Gasteiger partial charge in [0.25, 0.3) is 0 Å². The minimum atomic E-state index is -0.193. The van der Waals surface area contributed by atoms with Crippen molar-refractivity contribution in [3.63, 3.8) is 0 Å². The lowest BCUT2D eigenvalue weighted by atomic mass is 10.1. The van der Waals surface area contributed by atoms with Crippen molar-refractivity contribution in [3.8, 4) is 11.5 Å². The third-order valence-electron chi connectivity index (χ3n) is 3.52. The van der Waals surface area contributed by atoms with Crippen LogP contribution in [0.4, 0.5) is 0 Å². The van der Waals surface area contributed by atoms with Crippen molar-refractivity contribution in [1.82, 2.24) is 15.5 Å². The number of amides is 2. The Morgan fingerprint density at radius 2 is 1.71 bits per heavy atom. The first kappa shape index (κ1) is 19.8. The average molecular weight is 337 g/mol. The molecule has 1 aromatic rings. The number of likely N-dealkylation sites (N-methyl/N-ethyl adjacent to an activating group) is 2. The maximum Gasteiger partial charge on any atom is 0.239 e. The minimum absolute atomic E-state index is 0.00407. The molecule has 0 aliphatic carbocycles. The molecule has 0 heterocycles. The number of nitrogens with zero attached hydrogens (tertiary/aromatic N) is 1. The van der Waals surface area contributed by atoms with Crippen LogP contribution >= 0.6 is 0 Å². The zero-order valence-electron chi connectivity index (χ0n) is 15.1. The molecule has 0 atom stereocenters. The van der Waals surface area contributed by atoms with Crippen molar-refractivity contribution in [2.45, 2.75) is 20.4 Å². The van der Waals surface area contributed by atoms with E-state index < -0.39 is 0 Å². The minimum Gasteiger partial charge on any atom is -0.493 e. The van der Waals surface area contributed by atoms with Gasteiger partial charge in [0.2, 0.25) is 11.8 Å². The van der Waals surface area contributed by atoms with Gasteiger partial charge in [-0.1, -0.05) is 0 Å². The summed E-state index contributed by atoms with van der Waals surface area (Å²) >= 11 is 0. The molecule has 1 aromatic carbocycles. The molecule has 2 N–H and O–H groups in total. The van der Waals surface area contributed by atoms with Gasteiger partial charge in [0, 0.05) is 13.1 Å². The molecule has 0 aliphatic heterocycles. The lowest BCUT2D eigenvalue weighted by Crippen LogP contribution is -2.41. The molecule has 24 heavy (non-hydrogen) atoms. The fraction of sp³-hybridized carbons (Fsp3) is 0.529. The van der Waals surface area contributed by atoms with Crippen molar-refractivity contribution in [1.29, 1.82) is 0 Å². The summed E-state index contributed by atoms with van der Waals surface area (Å²) in [7, 11) is 5.04. The number of hydrogen-bond donors (Lipinski definition) is 2. The first-order valence-corrected chi connectivity index (χ1v) is 7.84. The van der Waals surface area contributed by atoms with Gasteiger partial charge in [0.1, 0.15) is 0 Å². The molecule has 0 saturated heterocycles. The third-order valence-corrected chi connectivity index (χ3v) is 3.52. The van der Waals surface area contributed by atoms with Crippen LogP contribution in [0.2, 0.25) is 0 Å². The van der Waals surface area contributed by atoms with Crippen molar-refractivity contribution in [2.24, 2.45) is 0 Å². The van der Waals surface area contributed by atoms with E-state index in [4.69, 9.17) is 9.47 Å². The van der Waals surface area contributed by atoms with Gasteiger partial charge in [-0.15, -0.1) is 0 Å². The van der Waals surface area contributed by atoms with Gasteiger partial charge in [0.05, 0.1) is 27.3 Å². The van der Waals surface area contributed by atoms with Crippen LogP contribution in [0.5, 0.6) is 11.5 Å². The number of rotatable bonds is 9. The summed E-state index contributed by atoms with van der Waals surface area (Å²) in [5.41, 5.74) is 2.11. The highest BCUT2D eigenvalue weighted by Gasteiger charge is 2.13. The van der Waals surface area contributed by atoms with Crippen LogP contribution in [-0.4, -0.2) is 57.6 Å². The summed E-state index contributed by atoms with van der Waals surface area (Å²) in [5.74, 6) is 0.958. The molecule has 1 rings (SSSR count). The van der Waals surface area contributed by atoms with Gasteiger partial charge in [-0.2, -0.15) is 0 Å². The molecule has 0 unspecified atom stereocenters. The Labute approximate surface area is 143 Å². The van der Waals surface area contributed by atoms with E-state index in [2.05, 4.69) is 10.6 Å². The Hall–Kier alpha value is -2.28. The highest BCUT2D eigenvalue weighted by Crippen LogP contribution is 2.30. The predicted octanol–water partition coefficient (Wildman–Crippen LogP) is 0.696. The number of ether oxygens (including phenoxy) is 2. The second-order valence-corrected chi connectivity index (χ2v) is 5.54. The summed E-state index contributed by atoms with van der Waals surface area (Å²) in [4.78, 5) is 25.1. The quantitative estimate of drug-likeness (QED) is 0.693. The Morgan fingerprint density at radius 1 is 1.08 bits per heavy atom. The van der Waals surface area contributed by atoms with E-state index in [1.165, 1.54) is 0 Å². The number of nitrogens with one attached hydrogen (secondary N) is 2. The molecule has 0 aliphatic rings. The summed E-state index contributed by atoms with van der Waals surface area (Å²) in [6.07, 6.45) is 0. The molecule has 0 saturated carbocycles. The largest absolute Gasteiger partial charge is 0.493 e.